The first kappa shape index (κ1) is 14.6. The van der Waals surface area contributed by atoms with E-state index in [9.17, 15) is 4.39 Å². The van der Waals surface area contributed by atoms with Crippen LogP contribution in [0.2, 0.25) is 5.02 Å². The summed E-state index contributed by atoms with van der Waals surface area (Å²) in [5.41, 5.74) is 1.30. The van der Waals surface area contributed by atoms with E-state index in [1.54, 1.807) is 6.07 Å². The molecular formula is C14H16Cl2FNO. The van der Waals surface area contributed by atoms with Gasteiger partial charge in [0.1, 0.15) is 17.7 Å². The van der Waals surface area contributed by atoms with Gasteiger partial charge in [0.05, 0.1) is 5.02 Å². The first-order chi connectivity index (χ1) is 8.68. The normalized spacial score (nSPS) is 23.3. The quantitative estimate of drug-likeness (QED) is 0.847. The zero-order valence-electron chi connectivity index (χ0n) is 10.6. The highest BCUT2D eigenvalue weighted by molar-refractivity contribution is 6.35. The lowest BCUT2D eigenvalue weighted by Crippen LogP contribution is -2.34. The summed E-state index contributed by atoms with van der Waals surface area (Å²) in [4.78, 5) is 0. The number of halogens is 3. The fraction of sp³-hybridized carbons (Fsp3) is 0.429. The van der Waals surface area contributed by atoms with Crippen molar-refractivity contribution in [1.82, 2.24) is 5.32 Å². The van der Waals surface area contributed by atoms with Crippen LogP contribution in [0.1, 0.15) is 24.8 Å². The maximum Gasteiger partial charge on any atom is 0.141 e. The molecule has 3 rings (SSSR count). The van der Waals surface area contributed by atoms with Crippen LogP contribution in [0.3, 0.4) is 0 Å². The number of nitrogens with one attached hydrogen (secondary N) is 1. The number of benzene rings is 1. The predicted octanol–water partition coefficient (Wildman–Crippen LogP) is 4.36. The van der Waals surface area contributed by atoms with E-state index < -0.39 is 0 Å². The van der Waals surface area contributed by atoms with Crippen LogP contribution in [-0.2, 0) is 0 Å². The highest BCUT2D eigenvalue weighted by atomic mass is 35.5. The third kappa shape index (κ3) is 2.47. The molecule has 1 aliphatic rings. The van der Waals surface area contributed by atoms with Crippen molar-refractivity contribution in [3.05, 3.63) is 34.8 Å². The first-order valence-electron chi connectivity index (χ1n) is 6.24. The topological polar surface area (TPSA) is 25.2 Å². The lowest BCUT2D eigenvalue weighted by molar-refractivity contribution is 0.341. The second-order valence-electron chi connectivity index (χ2n) is 5.00. The van der Waals surface area contributed by atoms with E-state index in [4.69, 9.17) is 16.0 Å². The van der Waals surface area contributed by atoms with Gasteiger partial charge < -0.3 is 9.73 Å². The minimum atomic E-state index is -0.188. The van der Waals surface area contributed by atoms with E-state index in [2.05, 4.69) is 12.2 Å². The molecule has 0 amide bonds. The zero-order valence-corrected chi connectivity index (χ0v) is 12.2. The van der Waals surface area contributed by atoms with Crippen molar-refractivity contribution in [3.63, 3.8) is 0 Å². The average molecular weight is 304 g/mol. The second kappa shape index (κ2) is 5.70. The van der Waals surface area contributed by atoms with E-state index in [0.717, 1.165) is 24.9 Å². The van der Waals surface area contributed by atoms with Crippen molar-refractivity contribution in [3.8, 4) is 0 Å². The molecular weight excluding hydrogens is 288 g/mol. The standard InChI is InChI=1S/C14H15ClFNO.ClH/c1-8-6-17-5-4-9(8)13-12(16)3-2-10-11(15)7-18-14(10)13;/h2-3,7-9,17H,4-6H2,1H3;1H/t8-,9+;/m0./s1. The first-order valence-corrected chi connectivity index (χ1v) is 6.62. The second-order valence-corrected chi connectivity index (χ2v) is 5.41. The minimum Gasteiger partial charge on any atom is -0.462 e. The minimum absolute atomic E-state index is 0. The van der Waals surface area contributed by atoms with Crippen LogP contribution in [0.5, 0.6) is 0 Å². The lowest BCUT2D eigenvalue weighted by atomic mass is 9.81. The van der Waals surface area contributed by atoms with Crippen LogP contribution < -0.4 is 5.32 Å². The summed E-state index contributed by atoms with van der Waals surface area (Å²) in [7, 11) is 0. The maximum atomic E-state index is 14.2. The largest absolute Gasteiger partial charge is 0.462 e. The van der Waals surface area contributed by atoms with Gasteiger partial charge in [-0.1, -0.05) is 18.5 Å². The summed E-state index contributed by atoms with van der Waals surface area (Å²) in [5.74, 6) is 0.396. The smallest absolute Gasteiger partial charge is 0.141 e. The van der Waals surface area contributed by atoms with Gasteiger partial charge in [-0.25, -0.2) is 4.39 Å². The van der Waals surface area contributed by atoms with Crippen LogP contribution in [0.25, 0.3) is 11.0 Å². The van der Waals surface area contributed by atoms with Gasteiger partial charge in [0.2, 0.25) is 0 Å². The lowest BCUT2D eigenvalue weighted by Gasteiger charge is -2.30. The Kier molecular flexibility index (Phi) is 4.39. The SMILES string of the molecule is C[C@H]1CNCC[C@H]1c1c(F)ccc2c(Cl)coc12.Cl. The number of furan rings is 1. The zero-order chi connectivity index (χ0) is 12.7. The van der Waals surface area contributed by atoms with Gasteiger partial charge in [0.15, 0.2) is 0 Å². The van der Waals surface area contributed by atoms with Gasteiger partial charge in [-0.3, -0.25) is 0 Å². The van der Waals surface area contributed by atoms with Crippen LogP contribution in [0.4, 0.5) is 4.39 Å². The Bertz CT molecular complexity index is 584. The Morgan fingerprint density at radius 3 is 2.95 bits per heavy atom. The van der Waals surface area contributed by atoms with Gasteiger partial charge in [0, 0.05) is 10.9 Å². The van der Waals surface area contributed by atoms with Gasteiger partial charge in [-0.05, 0) is 43.5 Å². The van der Waals surface area contributed by atoms with Crippen LogP contribution >= 0.6 is 24.0 Å². The molecule has 0 aliphatic carbocycles. The van der Waals surface area contributed by atoms with Crippen LogP contribution in [0.15, 0.2) is 22.8 Å². The molecule has 1 aromatic heterocycles. The Morgan fingerprint density at radius 2 is 2.21 bits per heavy atom. The van der Waals surface area contributed by atoms with E-state index in [1.165, 1.54) is 12.3 Å². The molecule has 19 heavy (non-hydrogen) atoms. The van der Waals surface area contributed by atoms with Gasteiger partial charge in [-0.2, -0.15) is 0 Å². The number of hydrogen-bond donors (Lipinski definition) is 1. The summed E-state index contributed by atoms with van der Waals surface area (Å²) in [5, 5.41) is 4.68. The number of rotatable bonds is 1. The molecule has 2 heterocycles. The monoisotopic (exact) mass is 303 g/mol. The van der Waals surface area contributed by atoms with Gasteiger partial charge in [-0.15, -0.1) is 12.4 Å². The number of piperidine rings is 1. The fourth-order valence-corrected chi connectivity index (χ4v) is 3.05. The predicted molar refractivity (Wildman–Crippen MR) is 77.8 cm³/mol. The average Bonchev–Trinajstić information content (AvgIpc) is 2.73. The van der Waals surface area contributed by atoms with Crippen molar-refractivity contribution in [2.24, 2.45) is 5.92 Å². The highest BCUT2D eigenvalue weighted by Gasteiger charge is 2.28. The summed E-state index contributed by atoms with van der Waals surface area (Å²) < 4.78 is 19.6. The van der Waals surface area contributed by atoms with Crippen molar-refractivity contribution in [1.29, 1.82) is 0 Å². The van der Waals surface area contributed by atoms with E-state index in [-0.39, 0.29) is 24.1 Å². The molecule has 2 nitrogen and oxygen atoms in total. The molecule has 104 valence electrons. The Hall–Kier alpha value is -0.770. The van der Waals surface area contributed by atoms with Crippen LogP contribution in [0, 0.1) is 11.7 Å². The number of hydrogen-bond acceptors (Lipinski definition) is 2. The number of fused-ring (bicyclic) bond motifs is 1. The van der Waals surface area contributed by atoms with E-state index >= 15 is 0 Å². The molecule has 2 aromatic rings. The summed E-state index contributed by atoms with van der Waals surface area (Å²) in [6, 6.07) is 3.18. The molecule has 1 fully saturated rings. The van der Waals surface area contributed by atoms with Crippen molar-refractivity contribution in [2.75, 3.05) is 13.1 Å². The third-order valence-electron chi connectivity index (χ3n) is 3.84. The molecule has 1 aliphatic heterocycles. The van der Waals surface area contributed by atoms with E-state index in [1.807, 2.05) is 0 Å². The maximum absolute atomic E-state index is 14.2. The van der Waals surface area contributed by atoms with Gasteiger partial charge >= 0.3 is 0 Å². The van der Waals surface area contributed by atoms with Crippen molar-refractivity contribution in [2.45, 2.75) is 19.3 Å². The fourth-order valence-electron chi connectivity index (χ4n) is 2.85. The molecule has 1 N–H and O–H groups in total. The van der Waals surface area contributed by atoms with Crippen LogP contribution in [-0.4, -0.2) is 13.1 Å². The Balaban J connectivity index is 0.00000133. The molecule has 0 unspecified atom stereocenters. The van der Waals surface area contributed by atoms with Crippen molar-refractivity contribution < 1.29 is 8.81 Å². The van der Waals surface area contributed by atoms with Gasteiger partial charge in [0.25, 0.3) is 0 Å². The van der Waals surface area contributed by atoms with E-state index in [0.29, 0.717) is 22.1 Å². The Labute approximate surface area is 122 Å². The molecule has 0 radical (unpaired) electrons. The summed E-state index contributed by atoms with van der Waals surface area (Å²) >= 11 is 6.04. The molecule has 0 spiro atoms. The summed E-state index contributed by atoms with van der Waals surface area (Å²) in [6.45, 7) is 3.97. The molecule has 2 atom stereocenters. The molecule has 0 bridgehead atoms. The van der Waals surface area contributed by atoms with Crippen molar-refractivity contribution >= 4 is 35.0 Å². The highest BCUT2D eigenvalue weighted by Crippen LogP contribution is 2.39. The molecule has 5 heteroatoms. The Morgan fingerprint density at radius 1 is 1.42 bits per heavy atom. The third-order valence-corrected chi connectivity index (χ3v) is 4.13. The molecule has 1 aromatic carbocycles. The molecule has 1 saturated heterocycles. The molecule has 0 saturated carbocycles. The summed E-state index contributed by atoms with van der Waals surface area (Å²) in [6.07, 6.45) is 2.41.